The van der Waals surface area contributed by atoms with E-state index in [4.69, 9.17) is 4.74 Å². The van der Waals surface area contributed by atoms with Crippen molar-refractivity contribution in [1.82, 2.24) is 0 Å². The summed E-state index contributed by atoms with van der Waals surface area (Å²) in [7, 11) is -3.73. The van der Waals surface area contributed by atoms with Crippen LogP contribution in [0.5, 0.6) is 5.75 Å². The smallest absolute Gasteiger partial charge is 0.264 e. The zero-order valence-corrected chi connectivity index (χ0v) is 21.1. The third-order valence-corrected chi connectivity index (χ3v) is 9.61. The van der Waals surface area contributed by atoms with Gasteiger partial charge < -0.3 is 4.74 Å². The predicted molar refractivity (Wildman–Crippen MR) is 129 cm³/mol. The normalized spacial score (nSPS) is 25.6. The minimum atomic E-state index is -3.73. The molecule has 2 aromatic carbocycles. The monoisotopic (exact) mass is 600 g/mol. The average Bonchev–Trinajstić information content (AvgIpc) is 2.70. The minimum Gasteiger partial charge on any atom is -0.486 e. The van der Waals surface area contributed by atoms with Gasteiger partial charge in [0.25, 0.3) is 10.0 Å². The molecule has 4 rings (SSSR count). The second kappa shape index (κ2) is 8.32. The molecule has 0 spiro atoms. The Balaban J connectivity index is 1.63. The van der Waals surface area contributed by atoms with Crippen LogP contribution in [0.15, 0.2) is 51.8 Å². The van der Waals surface area contributed by atoms with Gasteiger partial charge in [-0.1, -0.05) is 50.7 Å². The van der Waals surface area contributed by atoms with Gasteiger partial charge in [0.2, 0.25) is 0 Å². The molecule has 2 aliphatic rings. The van der Waals surface area contributed by atoms with Crippen molar-refractivity contribution < 1.29 is 13.2 Å². The molecular formula is C22H22BrIN2O3S. The molecule has 0 amide bonds. The van der Waals surface area contributed by atoms with Crippen molar-refractivity contribution in [3.05, 3.63) is 52.5 Å². The number of benzene rings is 2. The molecule has 0 unspecified atom stereocenters. The van der Waals surface area contributed by atoms with Crippen LogP contribution in [0.4, 0.5) is 5.69 Å². The molecule has 8 heteroatoms. The van der Waals surface area contributed by atoms with Crippen LogP contribution in [0, 0.1) is 29.6 Å². The van der Waals surface area contributed by atoms with Gasteiger partial charge in [-0.25, -0.2) is 8.42 Å². The fraction of sp³-hybridized carbons (Fsp3) is 0.409. The Labute approximate surface area is 199 Å². The van der Waals surface area contributed by atoms with E-state index >= 15 is 0 Å². The quantitative estimate of drug-likeness (QED) is 0.338. The summed E-state index contributed by atoms with van der Waals surface area (Å²) in [5.74, 6) is 0.954. The summed E-state index contributed by atoms with van der Waals surface area (Å²) in [5, 5.41) is 9.44. The van der Waals surface area contributed by atoms with Gasteiger partial charge in [0, 0.05) is 8.90 Å². The molecule has 5 nitrogen and oxygen atoms in total. The molecule has 1 aliphatic heterocycles. The van der Waals surface area contributed by atoms with Gasteiger partial charge in [-0.05, 0) is 68.0 Å². The summed E-state index contributed by atoms with van der Waals surface area (Å²) >= 11 is 5.73. The summed E-state index contributed by atoms with van der Waals surface area (Å²) in [4.78, 5) is 0.283. The van der Waals surface area contributed by atoms with Crippen LogP contribution < -0.4 is 9.04 Å². The number of hydrogen-bond acceptors (Lipinski definition) is 4. The van der Waals surface area contributed by atoms with E-state index < -0.39 is 10.0 Å². The number of sulfonamides is 1. The lowest BCUT2D eigenvalue weighted by atomic mass is 9.62. The van der Waals surface area contributed by atoms with Gasteiger partial charge in [-0.2, -0.15) is 5.26 Å². The molecule has 1 fully saturated rings. The van der Waals surface area contributed by atoms with Crippen molar-refractivity contribution in [2.45, 2.75) is 37.2 Å². The molecule has 0 bridgehead atoms. The number of hydrogen-bond donors (Lipinski definition) is 0. The predicted octanol–water partition coefficient (Wildman–Crippen LogP) is 5.46. The molecule has 0 aromatic heterocycles. The topological polar surface area (TPSA) is 70.4 Å². The van der Waals surface area contributed by atoms with Crippen LogP contribution in [-0.4, -0.2) is 25.5 Å². The zero-order valence-electron chi connectivity index (χ0n) is 16.5. The first kappa shape index (κ1) is 21.9. The first-order valence-corrected chi connectivity index (χ1v) is 13.5. The molecule has 1 saturated carbocycles. The first-order valence-electron chi connectivity index (χ1n) is 9.79. The summed E-state index contributed by atoms with van der Waals surface area (Å²) in [6.07, 6.45) is 2.21. The molecule has 158 valence electrons. The highest BCUT2D eigenvalue weighted by Crippen LogP contribution is 2.49. The summed E-state index contributed by atoms with van der Waals surface area (Å²) in [6.45, 7) is 2.15. The van der Waals surface area contributed by atoms with Gasteiger partial charge in [0.05, 0.1) is 28.6 Å². The highest BCUT2D eigenvalue weighted by Gasteiger charge is 2.46. The van der Waals surface area contributed by atoms with Crippen LogP contribution in [-0.2, 0) is 10.0 Å². The molecule has 0 saturated heterocycles. The fourth-order valence-corrected chi connectivity index (χ4v) is 7.10. The summed E-state index contributed by atoms with van der Waals surface area (Å²) in [5.41, 5.74) is 1.22. The van der Waals surface area contributed by atoms with Gasteiger partial charge >= 0.3 is 0 Å². The van der Waals surface area contributed by atoms with Gasteiger partial charge in [-0.15, -0.1) is 0 Å². The van der Waals surface area contributed by atoms with Gasteiger partial charge in [0.15, 0.2) is 0 Å². The molecule has 1 aliphatic carbocycles. The maximum absolute atomic E-state index is 13.5. The standard InChI is InChI=1S/C22H22BrIN2O3S/c1-15-3-2-4-19(7-15)30(27,28)26-12-18(8-16-10-22(11-16,13-24)14-25)29-21-6-5-17(23)9-20(21)26/h2-7,9,16,18H,8,10-13H2,1H3/t16?,18-,22?/m0/s1. The Morgan fingerprint density at radius 3 is 2.73 bits per heavy atom. The SMILES string of the molecule is Cc1cccc(S(=O)(=O)N2C[C@H](CC3CC(C#N)(CI)C3)Oc3ccc(Br)cc32)c1. The Morgan fingerprint density at radius 1 is 1.30 bits per heavy atom. The number of halogens is 2. The Hall–Kier alpha value is -1.31. The van der Waals surface area contributed by atoms with Crippen molar-refractivity contribution in [2.75, 3.05) is 15.3 Å². The fourth-order valence-electron chi connectivity index (χ4n) is 4.35. The molecule has 1 atom stereocenters. The molecule has 30 heavy (non-hydrogen) atoms. The first-order chi connectivity index (χ1) is 14.3. The average molecular weight is 601 g/mol. The van der Waals surface area contributed by atoms with Crippen LogP contribution in [0.1, 0.15) is 24.8 Å². The van der Waals surface area contributed by atoms with E-state index in [1.165, 1.54) is 4.31 Å². The number of anilines is 1. The number of alkyl halides is 1. The van der Waals surface area contributed by atoms with E-state index in [2.05, 4.69) is 44.6 Å². The van der Waals surface area contributed by atoms with E-state index in [1.54, 1.807) is 24.3 Å². The minimum absolute atomic E-state index is 0.226. The van der Waals surface area contributed by atoms with Gasteiger partial charge in [0.1, 0.15) is 11.9 Å². The van der Waals surface area contributed by atoms with Crippen LogP contribution in [0.3, 0.4) is 0 Å². The van der Waals surface area contributed by atoms with Crippen molar-refractivity contribution in [1.29, 1.82) is 5.26 Å². The highest BCUT2D eigenvalue weighted by molar-refractivity contribution is 14.1. The Bertz CT molecular complexity index is 1110. The van der Waals surface area contributed by atoms with Crippen LogP contribution in [0.25, 0.3) is 0 Å². The third-order valence-electron chi connectivity index (χ3n) is 5.88. The van der Waals surface area contributed by atoms with Crippen LogP contribution >= 0.6 is 38.5 Å². The number of nitriles is 1. The number of ether oxygens (including phenoxy) is 1. The van der Waals surface area contributed by atoms with E-state index in [0.29, 0.717) is 17.4 Å². The molecule has 2 aromatic rings. The summed E-state index contributed by atoms with van der Waals surface area (Å²) < 4.78 is 36.4. The second-order valence-corrected chi connectivity index (χ2v) is 11.8. The number of rotatable bonds is 5. The van der Waals surface area contributed by atoms with Crippen molar-refractivity contribution in [3.63, 3.8) is 0 Å². The van der Waals surface area contributed by atoms with E-state index in [9.17, 15) is 13.7 Å². The zero-order chi connectivity index (χ0) is 21.5. The number of nitrogens with zero attached hydrogens (tertiary/aromatic N) is 2. The van der Waals surface area contributed by atoms with E-state index in [0.717, 1.165) is 33.7 Å². The lowest BCUT2D eigenvalue weighted by Crippen LogP contribution is -2.46. The van der Waals surface area contributed by atoms with Crippen molar-refractivity contribution in [3.8, 4) is 11.8 Å². The lowest BCUT2D eigenvalue weighted by Gasteiger charge is -2.44. The van der Waals surface area contributed by atoms with E-state index in [-0.39, 0.29) is 23.0 Å². The van der Waals surface area contributed by atoms with E-state index in [1.807, 2.05) is 25.1 Å². The van der Waals surface area contributed by atoms with Crippen molar-refractivity contribution >= 4 is 54.2 Å². The third kappa shape index (κ3) is 4.08. The Kier molecular flexibility index (Phi) is 6.08. The number of aryl methyl sites for hydroxylation is 1. The van der Waals surface area contributed by atoms with Crippen molar-refractivity contribution in [2.24, 2.45) is 11.3 Å². The second-order valence-electron chi connectivity index (χ2n) is 8.24. The molecular weight excluding hydrogens is 579 g/mol. The van der Waals surface area contributed by atoms with Crippen LogP contribution in [0.2, 0.25) is 0 Å². The highest BCUT2D eigenvalue weighted by atomic mass is 127. The molecule has 0 radical (unpaired) electrons. The molecule has 1 heterocycles. The largest absolute Gasteiger partial charge is 0.486 e. The Morgan fingerprint density at radius 2 is 2.07 bits per heavy atom. The summed E-state index contributed by atoms with van der Waals surface area (Å²) in [6, 6.07) is 14.9. The maximum Gasteiger partial charge on any atom is 0.264 e. The lowest BCUT2D eigenvalue weighted by molar-refractivity contribution is 0.0809. The van der Waals surface area contributed by atoms with Gasteiger partial charge in [-0.3, -0.25) is 4.31 Å². The molecule has 0 N–H and O–H groups in total. The maximum atomic E-state index is 13.5. The number of fused-ring (bicyclic) bond motifs is 1.